The predicted octanol–water partition coefficient (Wildman–Crippen LogP) is 9.78. The average molecular weight is 1280 g/mol. The summed E-state index contributed by atoms with van der Waals surface area (Å²) in [7, 11) is 0. The van der Waals surface area contributed by atoms with Gasteiger partial charge in [-0.2, -0.15) is 0 Å². The number of carbonyl (C=O) groups excluding carboxylic acids is 1. The lowest BCUT2D eigenvalue weighted by molar-refractivity contribution is -0.379. The van der Waals surface area contributed by atoms with Crippen molar-refractivity contribution in [2.75, 3.05) is 26.4 Å². The lowest BCUT2D eigenvalue weighted by Gasteiger charge is -2.48. The van der Waals surface area contributed by atoms with E-state index < -0.39 is 124 Å². The molecule has 3 rings (SSSR count). The molecule has 0 aliphatic carbocycles. The molecular formula is C71H129NO18. The molecule has 3 aliphatic rings. The van der Waals surface area contributed by atoms with Crippen molar-refractivity contribution < 1.29 is 89.4 Å². The van der Waals surface area contributed by atoms with Crippen LogP contribution in [0.2, 0.25) is 0 Å². The predicted molar refractivity (Wildman–Crippen MR) is 351 cm³/mol. The molecule has 3 heterocycles. The summed E-state index contributed by atoms with van der Waals surface area (Å²) in [5.41, 5.74) is 0. The number of carbonyl (C=O) groups is 1. The molecule has 0 aromatic carbocycles. The van der Waals surface area contributed by atoms with Crippen LogP contribution in [0.15, 0.2) is 48.6 Å². The maximum absolute atomic E-state index is 13.4. The van der Waals surface area contributed by atoms with Gasteiger partial charge in [-0.1, -0.05) is 255 Å². The van der Waals surface area contributed by atoms with Crippen molar-refractivity contribution in [3.05, 3.63) is 48.6 Å². The maximum Gasteiger partial charge on any atom is 0.220 e. The number of hydrogen-bond acceptors (Lipinski definition) is 18. The Morgan fingerprint density at radius 2 is 0.767 bits per heavy atom. The number of aliphatic hydroxyl groups excluding tert-OH is 11. The molecule has 3 aliphatic heterocycles. The van der Waals surface area contributed by atoms with Crippen LogP contribution in [0.3, 0.4) is 0 Å². The molecular weight excluding hydrogens is 1150 g/mol. The molecule has 12 N–H and O–H groups in total. The second kappa shape index (κ2) is 53.0. The summed E-state index contributed by atoms with van der Waals surface area (Å²) in [6.45, 7) is 1.71. The van der Waals surface area contributed by atoms with E-state index in [0.29, 0.717) is 12.8 Å². The van der Waals surface area contributed by atoms with Gasteiger partial charge in [0.1, 0.15) is 73.2 Å². The van der Waals surface area contributed by atoms with Crippen molar-refractivity contribution in [1.82, 2.24) is 5.32 Å². The van der Waals surface area contributed by atoms with Gasteiger partial charge in [-0.25, -0.2) is 0 Å². The van der Waals surface area contributed by atoms with Gasteiger partial charge in [-0.3, -0.25) is 4.79 Å². The minimum atomic E-state index is -1.97. The molecule has 17 unspecified atom stereocenters. The van der Waals surface area contributed by atoms with E-state index in [4.69, 9.17) is 28.4 Å². The molecule has 0 radical (unpaired) electrons. The quantitative estimate of drug-likeness (QED) is 0.0199. The first-order valence-electron chi connectivity index (χ1n) is 35.9. The normalized spacial score (nSPS) is 28.3. The summed E-state index contributed by atoms with van der Waals surface area (Å²) in [5.74, 6) is -0.241. The van der Waals surface area contributed by atoms with Crippen molar-refractivity contribution in [2.24, 2.45) is 0 Å². The number of ether oxygens (including phenoxy) is 6. The van der Waals surface area contributed by atoms with Crippen LogP contribution >= 0.6 is 0 Å². The van der Waals surface area contributed by atoms with Crippen molar-refractivity contribution in [2.45, 2.75) is 369 Å². The SMILES string of the molecule is CC/C=C\C/C=C\C/C=C\C/C=C\CCCCCCCCCCCCCCCCCCC(=O)NC(COC1OC(CO)C(OC2OC(CO)C(OC3OC(CO)C(O)C(O)C3O)C(O)C2O)C(O)C1O)C(O)CCCCCCCCCCCCCCCCCC. The Kier molecular flexibility index (Phi) is 48.2. The van der Waals surface area contributed by atoms with Crippen molar-refractivity contribution in [1.29, 1.82) is 0 Å². The number of hydrogen-bond donors (Lipinski definition) is 12. The van der Waals surface area contributed by atoms with Gasteiger partial charge in [0.15, 0.2) is 18.9 Å². The van der Waals surface area contributed by atoms with E-state index in [9.17, 15) is 61.0 Å². The Morgan fingerprint density at radius 3 is 1.20 bits per heavy atom. The zero-order chi connectivity index (χ0) is 65.4. The topological polar surface area (TPSA) is 307 Å². The van der Waals surface area contributed by atoms with E-state index in [2.05, 4.69) is 67.8 Å². The van der Waals surface area contributed by atoms with Gasteiger partial charge in [-0.05, 0) is 51.4 Å². The van der Waals surface area contributed by atoms with Crippen molar-refractivity contribution >= 4 is 5.91 Å². The minimum absolute atomic E-state index is 0.241. The number of amides is 1. The van der Waals surface area contributed by atoms with E-state index in [1.165, 1.54) is 161 Å². The molecule has 1 amide bonds. The van der Waals surface area contributed by atoms with Gasteiger partial charge in [0.25, 0.3) is 0 Å². The highest BCUT2D eigenvalue weighted by Gasteiger charge is 2.53. The van der Waals surface area contributed by atoms with Crippen LogP contribution in [-0.2, 0) is 33.2 Å². The maximum atomic E-state index is 13.4. The number of nitrogens with one attached hydrogen (secondary N) is 1. The Hall–Kier alpha value is -2.25. The highest BCUT2D eigenvalue weighted by Crippen LogP contribution is 2.33. The van der Waals surface area contributed by atoms with E-state index in [0.717, 1.165) is 70.6 Å². The fraction of sp³-hybridized carbons (Fsp3) is 0.873. The van der Waals surface area contributed by atoms with E-state index in [1.54, 1.807) is 0 Å². The second-order valence-corrected chi connectivity index (χ2v) is 25.7. The third-order valence-electron chi connectivity index (χ3n) is 17.9. The molecule has 19 nitrogen and oxygen atoms in total. The first-order valence-corrected chi connectivity index (χ1v) is 35.9. The molecule has 3 fully saturated rings. The number of aliphatic hydroxyl groups is 11. The lowest BCUT2D eigenvalue weighted by Crippen LogP contribution is -2.66. The van der Waals surface area contributed by atoms with Crippen LogP contribution in [0.4, 0.5) is 0 Å². The van der Waals surface area contributed by atoms with Gasteiger partial charge in [0, 0.05) is 6.42 Å². The highest BCUT2D eigenvalue weighted by atomic mass is 16.8. The fourth-order valence-electron chi connectivity index (χ4n) is 12.1. The fourth-order valence-corrected chi connectivity index (χ4v) is 12.1. The van der Waals surface area contributed by atoms with Crippen molar-refractivity contribution in [3.63, 3.8) is 0 Å². The van der Waals surface area contributed by atoms with Crippen LogP contribution in [0.25, 0.3) is 0 Å². The number of allylic oxidation sites excluding steroid dienone is 8. The lowest BCUT2D eigenvalue weighted by atomic mass is 9.96. The zero-order valence-electron chi connectivity index (χ0n) is 55.6. The first kappa shape index (κ1) is 82.0. The molecule has 17 atom stereocenters. The molecule has 3 saturated heterocycles. The van der Waals surface area contributed by atoms with E-state index in [1.807, 2.05) is 0 Å². The van der Waals surface area contributed by atoms with Gasteiger partial charge in [-0.15, -0.1) is 0 Å². The summed E-state index contributed by atoms with van der Waals surface area (Å²) in [5, 5.41) is 121. The van der Waals surface area contributed by atoms with Crippen LogP contribution in [0.1, 0.15) is 264 Å². The molecule has 90 heavy (non-hydrogen) atoms. The highest BCUT2D eigenvalue weighted by molar-refractivity contribution is 5.76. The molecule has 19 heteroatoms. The minimum Gasteiger partial charge on any atom is -0.394 e. The molecule has 526 valence electrons. The van der Waals surface area contributed by atoms with Crippen LogP contribution in [0, 0.1) is 0 Å². The average Bonchev–Trinajstić information content (AvgIpc) is 1.05. The third-order valence-corrected chi connectivity index (χ3v) is 17.9. The largest absolute Gasteiger partial charge is 0.394 e. The molecule has 0 aromatic heterocycles. The summed E-state index contributed by atoms with van der Waals surface area (Å²) >= 11 is 0. The van der Waals surface area contributed by atoms with Gasteiger partial charge < -0.3 is 89.9 Å². The smallest absolute Gasteiger partial charge is 0.220 e. The summed E-state index contributed by atoms with van der Waals surface area (Å²) in [6.07, 6.45) is 36.2. The summed E-state index contributed by atoms with van der Waals surface area (Å²) < 4.78 is 34.4. The van der Waals surface area contributed by atoms with Gasteiger partial charge >= 0.3 is 0 Å². The number of unbranched alkanes of at least 4 members (excludes halogenated alkanes) is 31. The summed E-state index contributed by atoms with van der Waals surface area (Å²) in [4.78, 5) is 13.4. The monoisotopic (exact) mass is 1280 g/mol. The van der Waals surface area contributed by atoms with Crippen LogP contribution < -0.4 is 5.32 Å². The molecule has 0 aromatic rings. The third kappa shape index (κ3) is 34.4. The van der Waals surface area contributed by atoms with E-state index in [-0.39, 0.29) is 18.9 Å². The Morgan fingerprint density at radius 1 is 0.411 bits per heavy atom. The molecule has 0 bridgehead atoms. The number of rotatable bonds is 55. The van der Waals surface area contributed by atoms with Crippen LogP contribution in [-0.4, -0.2) is 193 Å². The Bertz CT molecular complexity index is 1820. The summed E-state index contributed by atoms with van der Waals surface area (Å²) in [6, 6.07) is -0.887. The van der Waals surface area contributed by atoms with Crippen LogP contribution in [0.5, 0.6) is 0 Å². The molecule has 0 spiro atoms. The Balaban J connectivity index is 1.39. The van der Waals surface area contributed by atoms with E-state index >= 15 is 0 Å². The van der Waals surface area contributed by atoms with Crippen molar-refractivity contribution in [3.8, 4) is 0 Å². The van der Waals surface area contributed by atoms with Gasteiger partial charge in [0.2, 0.25) is 5.91 Å². The van der Waals surface area contributed by atoms with Gasteiger partial charge in [0.05, 0.1) is 38.6 Å². The Labute approximate surface area is 542 Å². The molecule has 0 saturated carbocycles. The second-order valence-electron chi connectivity index (χ2n) is 25.7. The zero-order valence-corrected chi connectivity index (χ0v) is 55.6. The standard InChI is InChI=1S/C71H129NO18/c1-3-5-7-9-11-13-15-17-19-21-22-23-24-25-26-27-28-29-30-31-32-33-35-37-39-41-43-45-47-49-59(77)72-54(55(76)48-46-44-42-40-38-36-34-20-18-16-14-12-10-8-6-4-2)53-85-69-65(83)62(80)67(57(51-74)87-69)90-71-66(84)63(81)68(58(52-75)88-71)89-70-64(82)61(79)60(78)56(50-73)86-70/h5,7,11,13,17,19,22-23,54-58,60-71,73-76,78-84H,3-4,6,8-10,12,14-16,18,20-21,24-53H2,1-2H3,(H,72,77)/b7-5-,13-11-,19-17-,23-22-. The first-order chi connectivity index (χ1) is 43.8.